The molecule has 2 fully saturated rings. The van der Waals surface area contributed by atoms with Crippen molar-refractivity contribution in [2.45, 2.75) is 45.6 Å². The second kappa shape index (κ2) is 7.50. The van der Waals surface area contributed by atoms with E-state index in [0.29, 0.717) is 30.0 Å². The molecule has 27 heavy (non-hydrogen) atoms. The number of fused-ring (bicyclic) bond motifs is 2. The van der Waals surface area contributed by atoms with Gasteiger partial charge in [0.2, 0.25) is 11.9 Å². The molecule has 4 rings (SSSR count). The molecule has 0 unspecified atom stereocenters. The molecule has 2 bridgehead atoms. The number of rotatable bonds is 6. The molecule has 0 radical (unpaired) electrons. The normalized spacial score (nSPS) is 23.4. The van der Waals surface area contributed by atoms with E-state index in [1.165, 1.54) is 31.2 Å². The molecule has 7 nitrogen and oxygen atoms in total. The average Bonchev–Trinajstić information content (AvgIpc) is 3.25. The molecule has 2 saturated carbocycles. The smallest absolute Gasteiger partial charge is 0.306 e. The number of esters is 1. The molecule has 2 aliphatic carbocycles. The van der Waals surface area contributed by atoms with Crippen LogP contribution in [-0.4, -0.2) is 20.9 Å². The summed E-state index contributed by atoms with van der Waals surface area (Å²) in [7, 11) is 0. The van der Waals surface area contributed by atoms with E-state index in [4.69, 9.17) is 10.5 Å². The van der Waals surface area contributed by atoms with Gasteiger partial charge in [0.05, 0.1) is 0 Å². The highest BCUT2D eigenvalue weighted by Crippen LogP contribution is 2.49. The lowest BCUT2D eigenvalue weighted by atomic mass is 9.86. The van der Waals surface area contributed by atoms with Crippen molar-refractivity contribution >= 4 is 23.6 Å². The van der Waals surface area contributed by atoms with Gasteiger partial charge in [-0.15, -0.1) is 0 Å². The van der Waals surface area contributed by atoms with Crippen molar-refractivity contribution in [3.63, 3.8) is 0 Å². The van der Waals surface area contributed by atoms with Gasteiger partial charge in [-0.25, -0.2) is 0 Å². The molecule has 1 aromatic heterocycles. The van der Waals surface area contributed by atoms with Crippen LogP contribution in [0.15, 0.2) is 24.3 Å². The Morgan fingerprint density at radius 3 is 2.70 bits per heavy atom. The molecule has 3 atom stereocenters. The molecule has 3 N–H and O–H groups in total. The van der Waals surface area contributed by atoms with Crippen LogP contribution in [-0.2, 0) is 16.1 Å². The van der Waals surface area contributed by atoms with Crippen LogP contribution in [0.5, 0.6) is 0 Å². The predicted octanol–water partition coefficient (Wildman–Crippen LogP) is 3.38. The lowest BCUT2D eigenvalue weighted by Crippen LogP contribution is -2.17. The number of nitrogens with two attached hydrogens (primary N) is 1. The number of aromatic nitrogens is 3. The monoisotopic (exact) mass is 367 g/mol. The van der Waals surface area contributed by atoms with E-state index >= 15 is 0 Å². The average molecular weight is 367 g/mol. The van der Waals surface area contributed by atoms with Gasteiger partial charge >= 0.3 is 5.97 Å². The fourth-order valence-corrected chi connectivity index (χ4v) is 4.37. The first-order valence-corrected chi connectivity index (χ1v) is 9.55. The first-order valence-electron chi connectivity index (χ1n) is 9.55. The van der Waals surface area contributed by atoms with Crippen molar-refractivity contribution in [2.24, 2.45) is 17.8 Å². The minimum absolute atomic E-state index is 0.00888. The molecule has 7 heteroatoms. The maximum absolute atomic E-state index is 12.2. The fraction of sp³-hybridized carbons (Fsp3) is 0.500. The number of carbonyl (C=O) groups is 1. The number of anilines is 3. The standard InChI is InChI=1S/C20H25N5O2/c1-12-2-6-16(7-3-12)22-20-24-17(23-19(21)25-20)11-27-18(26)10-15-9-13-4-5-14(15)8-13/h2-3,6-7,13-15H,4-5,8-11H2,1H3,(H3,21,22,23,24,25)/t13-,14-,15+/m1/s1. The van der Waals surface area contributed by atoms with Crippen molar-refractivity contribution in [3.05, 3.63) is 35.7 Å². The Hall–Kier alpha value is -2.70. The van der Waals surface area contributed by atoms with Crippen molar-refractivity contribution in [1.29, 1.82) is 0 Å². The molecule has 2 aromatic rings. The summed E-state index contributed by atoms with van der Waals surface area (Å²) in [4.78, 5) is 24.7. The third kappa shape index (κ3) is 4.35. The van der Waals surface area contributed by atoms with Crippen LogP contribution in [0.4, 0.5) is 17.6 Å². The number of nitrogens with zero attached hydrogens (tertiary/aromatic N) is 3. The number of benzene rings is 1. The van der Waals surface area contributed by atoms with E-state index in [-0.39, 0.29) is 18.5 Å². The summed E-state index contributed by atoms with van der Waals surface area (Å²) in [6, 6.07) is 7.85. The molecular weight excluding hydrogens is 342 g/mol. The van der Waals surface area contributed by atoms with Crippen LogP contribution >= 0.6 is 0 Å². The highest BCUT2D eigenvalue weighted by Gasteiger charge is 2.40. The summed E-state index contributed by atoms with van der Waals surface area (Å²) >= 11 is 0. The second-order valence-electron chi connectivity index (χ2n) is 7.72. The summed E-state index contributed by atoms with van der Waals surface area (Å²) in [5.41, 5.74) is 7.79. The molecule has 1 heterocycles. The van der Waals surface area contributed by atoms with Crippen LogP contribution in [0.25, 0.3) is 0 Å². The molecule has 0 aliphatic heterocycles. The van der Waals surface area contributed by atoms with Gasteiger partial charge < -0.3 is 15.8 Å². The second-order valence-corrected chi connectivity index (χ2v) is 7.72. The zero-order valence-corrected chi connectivity index (χ0v) is 15.5. The zero-order valence-electron chi connectivity index (χ0n) is 15.5. The predicted molar refractivity (Wildman–Crippen MR) is 102 cm³/mol. The van der Waals surface area contributed by atoms with Crippen molar-refractivity contribution < 1.29 is 9.53 Å². The van der Waals surface area contributed by atoms with E-state index in [1.807, 2.05) is 31.2 Å². The molecule has 142 valence electrons. The van der Waals surface area contributed by atoms with Crippen molar-refractivity contribution in [2.75, 3.05) is 11.1 Å². The van der Waals surface area contributed by atoms with Crippen molar-refractivity contribution in [3.8, 4) is 0 Å². The number of nitrogens with one attached hydrogen (secondary N) is 1. The molecule has 0 amide bonds. The Kier molecular flexibility index (Phi) is 4.92. The van der Waals surface area contributed by atoms with Crippen LogP contribution in [0.3, 0.4) is 0 Å². The summed E-state index contributed by atoms with van der Waals surface area (Å²) in [5, 5.41) is 3.09. The Morgan fingerprint density at radius 2 is 2.00 bits per heavy atom. The minimum atomic E-state index is -0.181. The first-order chi connectivity index (χ1) is 13.0. The van der Waals surface area contributed by atoms with Gasteiger partial charge in [-0.1, -0.05) is 24.1 Å². The van der Waals surface area contributed by atoms with E-state index in [2.05, 4.69) is 20.3 Å². The topological polar surface area (TPSA) is 103 Å². The SMILES string of the molecule is Cc1ccc(Nc2nc(N)nc(COC(=O)C[C@@H]3C[C@@H]4CC[C@@H]3C4)n2)cc1. The Morgan fingerprint density at radius 1 is 1.19 bits per heavy atom. The van der Waals surface area contributed by atoms with Gasteiger partial charge in [0.15, 0.2) is 12.4 Å². The third-order valence-electron chi connectivity index (χ3n) is 5.68. The highest BCUT2D eigenvalue weighted by molar-refractivity contribution is 5.69. The fourth-order valence-electron chi connectivity index (χ4n) is 4.37. The van der Waals surface area contributed by atoms with E-state index in [0.717, 1.165) is 11.6 Å². The van der Waals surface area contributed by atoms with Crippen LogP contribution in [0.1, 0.15) is 43.5 Å². The number of hydrogen-bond donors (Lipinski definition) is 2. The van der Waals surface area contributed by atoms with Crippen molar-refractivity contribution in [1.82, 2.24) is 15.0 Å². The Labute approximate surface area is 158 Å². The highest BCUT2D eigenvalue weighted by atomic mass is 16.5. The molecule has 0 saturated heterocycles. The van der Waals surface area contributed by atoms with E-state index < -0.39 is 0 Å². The summed E-state index contributed by atoms with van der Waals surface area (Å²) in [6.07, 6.45) is 5.55. The maximum Gasteiger partial charge on any atom is 0.306 e. The van der Waals surface area contributed by atoms with Crippen LogP contribution in [0.2, 0.25) is 0 Å². The van der Waals surface area contributed by atoms with Gasteiger partial charge in [-0.2, -0.15) is 15.0 Å². The van der Waals surface area contributed by atoms with Crippen LogP contribution in [0, 0.1) is 24.7 Å². The lowest BCUT2D eigenvalue weighted by molar-refractivity contribution is -0.146. The van der Waals surface area contributed by atoms with Gasteiger partial charge in [0, 0.05) is 12.1 Å². The lowest BCUT2D eigenvalue weighted by Gasteiger charge is -2.20. The minimum Gasteiger partial charge on any atom is -0.457 e. The summed E-state index contributed by atoms with van der Waals surface area (Å²) in [6.45, 7) is 2.03. The zero-order chi connectivity index (χ0) is 18.8. The van der Waals surface area contributed by atoms with Gasteiger partial charge in [0.1, 0.15) is 0 Å². The van der Waals surface area contributed by atoms with Gasteiger partial charge in [0.25, 0.3) is 0 Å². The molecular formula is C20H25N5O2. The quantitative estimate of drug-likeness (QED) is 0.754. The third-order valence-corrected chi connectivity index (χ3v) is 5.68. The molecule has 2 aliphatic rings. The number of ether oxygens (including phenoxy) is 1. The maximum atomic E-state index is 12.2. The summed E-state index contributed by atoms with van der Waals surface area (Å²) < 4.78 is 5.40. The largest absolute Gasteiger partial charge is 0.457 e. The molecule has 1 aromatic carbocycles. The van der Waals surface area contributed by atoms with Gasteiger partial charge in [-0.3, -0.25) is 4.79 Å². The molecule has 0 spiro atoms. The Balaban J connectivity index is 1.33. The summed E-state index contributed by atoms with van der Waals surface area (Å²) in [5.74, 6) is 2.62. The number of aryl methyl sites for hydroxylation is 1. The van der Waals surface area contributed by atoms with E-state index in [9.17, 15) is 4.79 Å². The van der Waals surface area contributed by atoms with Gasteiger partial charge in [-0.05, 0) is 56.1 Å². The number of nitrogen functional groups attached to an aromatic ring is 1. The number of hydrogen-bond acceptors (Lipinski definition) is 7. The van der Waals surface area contributed by atoms with Crippen LogP contribution < -0.4 is 11.1 Å². The van der Waals surface area contributed by atoms with E-state index in [1.54, 1.807) is 0 Å². The Bertz CT molecular complexity index is 824. The number of carbonyl (C=O) groups excluding carboxylic acids is 1. The first kappa shape index (κ1) is 17.7.